The molecule has 2 bridgehead atoms. The molecule has 23 heavy (non-hydrogen) atoms. The van der Waals surface area contributed by atoms with Crippen LogP contribution in [0, 0.1) is 11.8 Å². The Labute approximate surface area is 141 Å². The Kier molecular flexibility index (Phi) is 4.12. The minimum absolute atomic E-state index is 0.00843. The smallest absolute Gasteiger partial charge is 0.321 e. The van der Waals surface area contributed by atoms with Crippen molar-refractivity contribution in [1.82, 2.24) is 10.2 Å². The lowest BCUT2D eigenvalue weighted by atomic mass is 9.72. The van der Waals surface area contributed by atoms with E-state index in [4.69, 9.17) is 0 Å². The summed E-state index contributed by atoms with van der Waals surface area (Å²) in [5.41, 5.74) is 1.37. The maximum absolute atomic E-state index is 11.4. The fourth-order valence-corrected chi connectivity index (χ4v) is 6.43. The van der Waals surface area contributed by atoms with Crippen LogP contribution in [0.5, 0.6) is 0 Å². The molecule has 2 heterocycles. The van der Waals surface area contributed by atoms with E-state index in [1.54, 1.807) is 0 Å². The van der Waals surface area contributed by atoms with Crippen LogP contribution >= 0.6 is 11.8 Å². The number of rotatable bonds is 3. The molecule has 5 heteroatoms. The molecule has 1 aliphatic carbocycles. The number of nitrogens with zero attached hydrogens (tertiary/aromatic N) is 1. The fraction of sp³-hybridized carbons (Fsp3) is 0.611. The minimum Gasteiger partial charge on any atom is -0.480 e. The van der Waals surface area contributed by atoms with Crippen LogP contribution < -0.4 is 5.32 Å². The number of carboxylic acids is 1. The van der Waals surface area contributed by atoms with Gasteiger partial charge in [0, 0.05) is 25.4 Å². The minimum atomic E-state index is -0.695. The van der Waals surface area contributed by atoms with Gasteiger partial charge in [0.15, 0.2) is 0 Å². The van der Waals surface area contributed by atoms with E-state index in [0.29, 0.717) is 17.6 Å². The second-order valence-corrected chi connectivity index (χ2v) is 8.44. The molecular formula is C18H24N2O2S. The van der Waals surface area contributed by atoms with E-state index in [0.717, 1.165) is 19.6 Å². The van der Waals surface area contributed by atoms with Gasteiger partial charge >= 0.3 is 5.97 Å². The lowest BCUT2D eigenvalue weighted by molar-refractivity contribution is -0.139. The molecule has 1 aromatic carbocycles. The second kappa shape index (κ2) is 6.11. The third-order valence-corrected chi connectivity index (χ3v) is 7.47. The zero-order valence-corrected chi connectivity index (χ0v) is 14.1. The van der Waals surface area contributed by atoms with Crippen molar-refractivity contribution >= 4 is 17.7 Å². The number of piperidine rings is 1. The van der Waals surface area contributed by atoms with Gasteiger partial charge in [0.1, 0.15) is 6.04 Å². The van der Waals surface area contributed by atoms with E-state index in [1.165, 1.54) is 24.8 Å². The van der Waals surface area contributed by atoms with Crippen LogP contribution in [0.2, 0.25) is 0 Å². The predicted octanol–water partition coefficient (Wildman–Crippen LogP) is 2.40. The number of nitrogens with one attached hydrogen (secondary N) is 1. The Bertz CT molecular complexity index is 566. The summed E-state index contributed by atoms with van der Waals surface area (Å²) in [6.07, 6.45) is 3.72. The summed E-state index contributed by atoms with van der Waals surface area (Å²) >= 11 is 1.88. The number of hydrogen-bond donors (Lipinski definition) is 2. The van der Waals surface area contributed by atoms with Crippen molar-refractivity contribution in [3.63, 3.8) is 0 Å². The van der Waals surface area contributed by atoms with Gasteiger partial charge in [0.05, 0.1) is 4.87 Å². The van der Waals surface area contributed by atoms with Gasteiger partial charge in [-0.25, -0.2) is 0 Å². The van der Waals surface area contributed by atoms with Crippen molar-refractivity contribution in [3.05, 3.63) is 35.9 Å². The zero-order valence-electron chi connectivity index (χ0n) is 13.3. The highest BCUT2D eigenvalue weighted by atomic mass is 32.2. The van der Waals surface area contributed by atoms with Crippen molar-refractivity contribution in [2.75, 3.05) is 18.8 Å². The van der Waals surface area contributed by atoms with E-state index in [1.807, 2.05) is 11.8 Å². The molecule has 3 aliphatic rings. The Morgan fingerprint density at radius 3 is 2.57 bits per heavy atom. The van der Waals surface area contributed by atoms with Crippen LogP contribution in [-0.2, 0) is 11.3 Å². The maximum atomic E-state index is 11.4. The second-order valence-electron chi connectivity index (χ2n) is 7.14. The summed E-state index contributed by atoms with van der Waals surface area (Å²) < 4.78 is 0. The van der Waals surface area contributed by atoms with Crippen molar-refractivity contribution in [2.45, 2.75) is 36.7 Å². The van der Waals surface area contributed by atoms with Crippen LogP contribution in [0.3, 0.4) is 0 Å². The van der Waals surface area contributed by atoms with Crippen molar-refractivity contribution in [1.29, 1.82) is 0 Å². The van der Waals surface area contributed by atoms with E-state index in [9.17, 15) is 9.90 Å². The van der Waals surface area contributed by atoms with Gasteiger partial charge in [-0.05, 0) is 30.2 Å². The summed E-state index contributed by atoms with van der Waals surface area (Å²) in [7, 11) is 0. The lowest BCUT2D eigenvalue weighted by Gasteiger charge is -2.54. The third kappa shape index (κ3) is 2.79. The average Bonchev–Trinajstić information content (AvgIpc) is 2.95. The first-order valence-electron chi connectivity index (χ1n) is 8.58. The first kappa shape index (κ1) is 15.5. The highest BCUT2D eigenvalue weighted by Gasteiger charge is 2.56. The predicted molar refractivity (Wildman–Crippen MR) is 92.3 cm³/mol. The van der Waals surface area contributed by atoms with Gasteiger partial charge in [-0.15, -0.1) is 11.8 Å². The number of carboxylic acid groups (broad SMARTS) is 1. The van der Waals surface area contributed by atoms with Gasteiger partial charge in [0.2, 0.25) is 0 Å². The number of thioether (sulfide) groups is 1. The molecular weight excluding hydrogens is 308 g/mol. The summed E-state index contributed by atoms with van der Waals surface area (Å²) in [6, 6.07) is 10.3. The Morgan fingerprint density at radius 2 is 1.96 bits per heavy atom. The molecule has 3 fully saturated rings. The summed E-state index contributed by atoms with van der Waals surface area (Å²) in [5, 5.41) is 12.9. The molecule has 3 atom stereocenters. The monoisotopic (exact) mass is 332 g/mol. The molecule has 2 N–H and O–H groups in total. The first-order valence-corrected chi connectivity index (χ1v) is 9.56. The highest BCUT2D eigenvalue weighted by molar-refractivity contribution is 8.01. The quantitative estimate of drug-likeness (QED) is 0.890. The van der Waals surface area contributed by atoms with Crippen LogP contribution in [0.1, 0.15) is 24.8 Å². The summed E-state index contributed by atoms with van der Waals surface area (Å²) in [4.78, 5) is 13.9. The van der Waals surface area contributed by atoms with Gasteiger partial charge < -0.3 is 5.11 Å². The Balaban J connectivity index is 1.50. The molecule has 0 radical (unpaired) electrons. The number of hydrogen-bond acceptors (Lipinski definition) is 4. The molecule has 3 unspecified atom stereocenters. The molecule has 1 spiro atoms. The van der Waals surface area contributed by atoms with Gasteiger partial charge in [-0.3, -0.25) is 15.0 Å². The molecule has 2 aliphatic heterocycles. The van der Waals surface area contributed by atoms with Crippen LogP contribution in [0.25, 0.3) is 0 Å². The normalized spacial score (nSPS) is 37.1. The molecule has 4 rings (SSSR count). The van der Waals surface area contributed by atoms with Gasteiger partial charge in [0.25, 0.3) is 0 Å². The van der Waals surface area contributed by atoms with Crippen molar-refractivity contribution in [2.24, 2.45) is 11.8 Å². The number of likely N-dealkylation sites (tertiary alicyclic amines) is 1. The SMILES string of the molecule is O=C(O)C1CSC2(N1)C1CCCC2CN(Cc2ccccc2)C1. The molecule has 0 aromatic heterocycles. The van der Waals surface area contributed by atoms with Crippen molar-refractivity contribution < 1.29 is 9.90 Å². The number of aliphatic carboxylic acids is 1. The Hall–Kier alpha value is -1.04. The first-order chi connectivity index (χ1) is 11.2. The third-order valence-electron chi connectivity index (χ3n) is 5.71. The molecule has 4 nitrogen and oxygen atoms in total. The van der Waals surface area contributed by atoms with Gasteiger partial charge in [-0.1, -0.05) is 36.8 Å². The fourth-order valence-electron chi connectivity index (χ4n) is 4.68. The topological polar surface area (TPSA) is 52.6 Å². The van der Waals surface area contributed by atoms with E-state index in [2.05, 4.69) is 40.5 Å². The molecule has 124 valence electrons. The highest BCUT2D eigenvalue weighted by Crippen LogP contribution is 2.52. The number of benzene rings is 1. The molecule has 0 amide bonds. The van der Waals surface area contributed by atoms with E-state index >= 15 is 0 Å². The Morgan fingerprint density at radius 1 is 1.26 bits per heavy atom. The lowest BCUT2D eigenvalue weighted by Crippen LogP contribution is -2.64. The number of carbonyl (C=O) groups is 1. The van der Waals surface area contributed by atoms with E-state index in [-0.39, 0.29) is 10.9 Å². The largest absolute Gasteiger partial charge is 0.480 e. The van der Waals surface area contributed by atoms with Crippen LogP contribution in [0.15, 0.2) is 30.3 Å². The van der Waals surface area contributed by atoms with Crippen LogP contribution in [-0.4, -0.2) is 45.7 Å². The molecule has 2 saturated heterocycles. The van der Waals surface area contributed by atoms with Crippen LogP contribution in [0.4, 0.5) is 0 Å². The molecule has 1 saturated carbocycles. The average molecular weight is 332 g/mol. The summed E-state index contributed by atoms with van der Waals surface area (Å²) in [6.45, 7) is 3.17. The van der Waals surface area contributed by atoms with Crippen molar-refractivity contribution in [3.8, 4) is 0 Å². The standard InChI is InChI=1S/C18H24N2O2S/c21-17(22)16-12-23-18(19-16)14-7-4-8-15(18)11-20(10-14)9-13-5-2-1-3-6-13/h1-3,5-6,14-16,19H,4,7-12H2,(H,21,22). The molecule has 1 aromatic rings. The zero-order chi connectivity index (χ0) is 15.9. The van der Waals surface area contributed by atoms with E-state index < -0.39 is 5.97 Å². The summed E-state index contributed by atoms with van der Waals surface area (Å²) in [5.74, 6) is 1.14. The van der Waals surface area contributed by atoms with Gasteiger partial charge in [-0.2, -0.15) is 0 Å². The maximum Gasteiger partial charge on any atom is 0.321 e.